The normalized spacial score (nSPS) is 19.1. The minimum absolute atomic E-state index is 0.0394. The molecule has 3 rings (SSSR count). The molecule has 2 aromatic rings. The van der Waals surface area contributed by atoms with Gasteiger partial charge in [0.15, 0.2) is 6.61 Å². The van der Waals surface area contributed by atoms with Gasteiger partial charge in [0.25, 0.3) is 5.91 Å². The third kappa shape index (κ3) is 5.92. The van der Waals surface area contributed by atoms with Crippen molar-refractivity contribution in [1.29, 1.82) is 0 Å². The maximum absolute atomic E-state index is 12.6. The van der Waals surface area contributed by atoms with Crippen molar-refractivity contribution < 1.29 is 22.7 Å². The highest BCUT2D eigenvalue weighted by Crippen LogP contribution is 2.22. The molecule has 1 N–H and O–H groups in total. The number of piperidine rings is 1. The fraction of sp³-hybridized carbons (Fsp3) is 0.391. The number of hydrogen-bond donors (Lipinski definition) is 1. The minimum Gasteiger partial charge on any atom is -0.452 e. The van der Waals surface area contributed by atoms with Crippen LogP contribution in [0.1, 0.15) is 49.0 Å². The fourth-order valence-corrected chi connectivity index (χ4v) is 4.91. The van der Waals surface area contributed by atoms with Gasteiger partial charge in [0.2, 0.25) is 10.0 Å². The number of carbonyl (C=O) groups is 2. The zero-order chi connectivity index (χ0) is 22.4. The second-order valence-corrected chi connectivity index (χ2v) is 9.61. The number of sulfonamides is 1. The van der Waals surface area contributed by atoms with Crippen molar-refractivity contribution in [2.24, 2.45) is 0 Å². The molecule has 2 atom stereocenters. The van der Waals surface area contributed by atoms with E-state index in [0.717, 1.165) is 24.8 Å². The Hall–Kier alpha value is -2.71. The standard InChI is InChI=1S/C23H28N2O5S/c1-17-8-6-9-18(2)25(17)22(26)16-30-23(27)20-12-7-13-21(14-20)31(28,29)24-15-19-10-4-3-5-11-19/h3-5,7,10-14,17-18,24H,6,8-9,15-16H2,1-2H3/t17-,18-/m0/s1. The maximum Gasteiger partial charge on any atom is 0.338 e. The molecule has 0 bridgehead atoms. The Balaban J connectivity index is 1.62. The van der Waals surface area contributed by atoms with Crippen molar-refractivity contribution in [3.8, 4) is 0 Å². The van der Waals surface area contributed by atoms with Crippen molar-refractivity contribution in [3.63, 3.8) is 0 Å². The summed E-state index contributed by atoms with van der Waals surface area (Å²) in [5.41, 5.74) is 0.899. The van der Waals surface area contributed by atoms with E-state index in [4.69, 9.17) is 4.74 Å². The first kappa shape index (κ1) is 23.0. The molecule has 2 aromatic carbocycles. The first-order chi connectivity index (χ1) is 14.8. The van der Waals surface area contributed by atoms with E-state index >= 15 is 0 Å². The summed E-state index contributed by atoms with van der Waals surface area (Å²) in [4.78, 5) is 26.7. The second-order valence-electron chi connectivity index (χ2n) is 7.84. The summed E-state index contributed by atoms with van der Waals surface area (Å²) in [7, 11) is -3.81. The topological polar surface area (TPSA) is 92.8 Å². The number of ether oxygens (including phenoxy) is 1. The molecule has 1 amide bonds. The number of likely N-dealkylation sites (tertiary alicyclic amines) is 1. The van der Waals surface area contributed by atoms with Crippen LogP contribution in [-0.2, 0) is 26.1 Å². The summed E-state index contributed by atoms with van der Waals surface area (Å²) in [5, 5.41) is 0. The average molecular weight is 445 g/mol. The summed E-state index contributed by atoms with van der Waals surface area (Å²) >= 11 is 0. The zero-order valence-electron chi connectivity index (χ0n) is 17.8. The predicted molar refractivity (Wildman–Crippen MR) is 117 cm³/mol. The molecule has 31 heavy (non-hydrogen) atoms. The van der Waals surface area contributed by atoms with Crippen LogP contribution in [0.15, 0.2) is 59.5 Å². The zero-order valence-corrected chi connectivity index (χ0v) is 18.6. The van der Waals surface area contributed by atoms with Crippen LogP contribution in [0.4, 0.5) is 0 Å². The van der Waals surface area contributed by atoms with Crippen molar-refractivity contribution in [1.82, 2.24) is 9.62 Å². The van der Waals surface area contributed by atoms with Gasteiger partial charge in [-0.15, -0.1) is 0 Å². The van der Waals surface area contributed by atoms with E-state index in [1.165, 1.54) is 24.3 Å². The van der Waals surface area contributed by atoms with Crippen molar-refractivity contribution in [2.45, 2.75) is 56.6 Å². The molecule has 0 spiro atoms. The number of hydrogen-bond acceptors (Lipinski definition) is 5. The SMILES string of the molecule is C[C@H]1CCC[C@H](C)N1C(=O)COC(=O)c1cccc(S(=O)(=O)NCc2ccccc2)c1. The number of benzene rings is 2. The molecule has 1 aliphatic rings. The van der Waals surface area contributed by atoms with Gasteiger partial charge in [0.05, 0.1) is 10.5 Å². The van der Waals surface area contributed by atoms with Gasteiger partial charge in [-0.1, -0.05) is 36.4 Å². The molecule has 7 nitrogen and oxygen atoms in total. The lowest BCUT2D eigenvalue weighted by Gasteiger charge is -2.38. The lowest BCUT2D eigenvalue weighted by atomic mass is 9.97. The number of carbonyl (C=O) groups excluding carboxylic acids is 2. The Bertz CT molecular complexity index is 1010. The third-order valence-electron chi connectivity index (χ3n) is 5.50. The first-order valence-corrected chi connectivity index (χ1v) is 11.9. The van der Waals surface area contributed by atoms with Gasteiger partial charge in [-0.3, -0.25) is 4.79 Å². The molecule has 0 radical (unpaired) electrons. The fourth-order valence-electron chi connectivity index (χ4n) is 3.85. The van der Waals surface area contributed by atoms with Gasteiger partial charge in [-0.05, 0) is 56.9 Å². The van der Waals surface area contributed by atoms with Crippen LogP contribution in [0.5, 0.6) is 0 Å². The van der Waals surface area contributed by atoms with Crippen molar-refractivity contribution in [3.05, 3.63) is 65.7 Å². The molecule has 0 aliphatic carbocycles. The minimum atomic E-state index is -3.81. The summed E-state index contributed by atoms with van der Waals surface area (Å²) in [5.74, 6) is -0.966. The molecular weight excluding hydrogens is 416 g/mol. The highest BCUT2D eigenvalue weighted by Gasteiger charge is 2.29. The largest absolute Gasteiger partial charge is 0.452 e. The number of nitrogens with zero attached hydrogens (tertiary/aromatic N) is 1. The first-order valence-electron chi connectivity index (χ1n) is 10.4. The Morgan fingerprint density at radius 2 is 1.71 bits per heavy atom. The Labute approximate surface area is 183 Å². The van der Waals surface area contributed by atoms with Crippen LogP contribution in [0, 0.1) is 0 Å². The quantitative estimate of drug-likeness (QED) is 0.663. The molecule has 8 heteroatoms. The van der Waals surface area contributed by atoms with Gasteiger partial charge >= 0.3 is 5.97 Å². The molecule has 0 saturated carbocycles. The highest BCUT2D eigenvalue weighted by molar-refractivity contribution is 7.89. The number of amides is 1. The van der Waals surface area contributed by atoms with Crippen molar-refractivity contribution >= 4 is 21.9 Å². The van der Waals surface area contributed by atoms with E-state index in [2.05, 4.69) is 4.72 Å². The predicted octanol–water partition coefficient (Wildman–Crippen LogP) is 3.11. The molecular formula is C23H28N2O5S. The average Bonchev–Trinajstić information content (AvgIpc) is 2.77. The third-order valence-corrected chi connectivity index (χ3v) is 6.90. The Morgan fingerprint density at radius 3 is 2.39 bits per heavy atom. The van der Waals surface area contributed by atoms with Gasteiger partial charge < -0.3 is 9.64 Å². The van der Waals surface area contributed by atoms with E-state index in [-0.39, 0.29) is 41.6 Å². The van der Waals surface area contributed by atoms with Crippen LogP contribution in [0.2, 0.25) is 0 Å². The van der Waals surface area contributed by atoms with Crippen LogP contribution >= 0.6 is 0 Å². The lowest BCUT2D eigenvalue weighted by molar-refractivity contribution is -0.140. The van der Waals surface area contributed by atoms with Crippen LogP contribution in [0.3, 0.4) is 0 Å². The Morgan fingerprint density at radius 1 is 1.03 bits per heavy atom. The summed E-state index contributed by atoms with van der Waals surface area (Å²) in [6.07, 6.45) is 2.94. The molecule has 1 saturated heterocycles. The molecule has 1 aliphatic heterocycles. The smallest absolute Gasteiger partial charge is 0.338 e. The van der Waals surface area contributed by atoms with E-state index < -0.39 is 16.0 Å². The van der Waals surface area contributed by atoms with Gasteiger partial charge in [-0.25, -0.2) is 17.9 Å². The van der Waals surface area contributed by atoms with E-state index in [1.54, 1.807) is 4.90 Å². The Kier molecular flexibility index (Phi) is 7.46. The molecule has 1 heterocycles. The summed E-state index contributed by atoms with van der Waals surface area (Å²) in [6, 6.07) is 15.0. The molecule has 1 fully saturated rings. The summed E-state index contributed by atoms with van der Waals surface area (Å²) < 4.78 is 32.9. The van der Waals surface area contributed by atoms with E-state index in [1.807, 2.05) is 44.2 Å². The molecule has 0 unspecified atom stereocenters. The summed E-state index contributed by atoms with van der Waals surface area (Å²) in [6.45, 7) is 3.76. The van der Waals surface area contributed by atoms with Gasteiger partial charge in [0.1, 0.15) is 0 Å². The highest BCUT2D eigenvalue weighted by atomic mass is 32.2. The van der Waals surface area contributed by atoms with Gasteiger partial charge in [0, 0.05) is 18.6 Å². The molecule has 0 aromatic heterocycles. The van der Waals surface area contributed by atoms with E-state index in [9.17, 15) is 18.0 Å². The maximum atomic E-state index is 12.6. The molecule has 166 valence electrons. The second kappa shape index (κ2) is 10.1. The number of nitrogens with one attached hydrogen (secondary N) is 1. The van der Waals surface area contributed by atoms with Gasteiger partial charge in [-0.2, -0.15) is 0 Å². The van der Waals surface area contributed by atoms with Crippen LogP contribution in [0.25, 0.3) is 0 Å². The lowest BCUT2D eigenvalue weighted by Crippen LogP contribution is -2.49. The van der Waals surface area contributed by atoms with Crippen molar-refractivity contribution in [2.75, 3.05) is 6.61 Å². The van der Waals surface area contributed by atoms with E-state index in [0.29, 0.717) is 0 Å². The van der Waals surface area contributed by atoms with Crippen LogP contribution < -0.4 is 4.72 Å². The van der Waals surface area contributed by atoms with Crippen LogP contribution in [-0.4, -0.2) is 43.9 Å². The number of rotatable bonds is 7. The number of esters is 1. The monoisotopic (exact) mass is 444 g/mol.